The minimum Gasteiger partial charge on any atom is -0.310 e. The van der Waals surface area contributed by atoms with Crippen molar-refractivity contribution in [3.8, 4) is 0 Å². The fraction of sp³-hybridized carbons (Fsp3) is 0.609. The van der Waals surface area contributed by atoms with Gasteiger partial charge < -0.3 is 5.32 Å². The van der Waals surface area contributed by atoms with Gasteiger partial charge in [0.25, 0.3) is 0 Å². The normalized spacial score (nSPS) is 29.2. The van der Waals surface area contributed by atoms with Gasteiger partial charge in [0.1, 0.15) is 0 Å². The molecule has 3 atom stereocenters. The standard InChI is InChI=1S/C23H34N4/c1-18-11-12-25-23-21(18)9-6-10-22(23)26(2)16-20-17-27(14-13-24-20)15-19-7-4-3-5-8-19/h3-5,7-8,12,18,20,22,24H,6,9-11,13-17H2,1-2H3/t18?,20-,22+/m1/s1. The summed E-state index contributed by atoms with van der Waals surface area (Å²) in [4.78, 5) is 10.0. The van der Waals surface area contributed by atoms with E-state index in [0.717, 1.165) is 39.1 Å². The first-order valence-corrected chi connectivity index (χ1v) is 10.7. The predicted octanol–water partition coefficient (Wildman–Crippen LogP) is 3.31. The highest BCUT2D eigenvalue weighted by atomic mass is 15.2. The van der Waals surface area contributed by atoms with Crippen molar-refractivity contribution in [3.05, 3.63) is 47.2 Å². The van der Waals surface area contributed by atoms with E-state index in [1.807, 2.05) is 0 Å². The first-order chi connectivity index (χ1) is 13.2. The predicted molar refractivity (Wildman–Crippen MR) is 113 cm³/mol. The summed E-state index contributed by atoms with van der Waals surface area (Å²) in [6.07, 6.45) is 7.08. The second-order valence-corrected chi connectivity index (χ2v) is 8.58. The van der Waals surface area contributed by atoms with Crippen molar-refractivity contribution in [2.45, 2.75) is 51.2 Å². The molecule has 1 unspecified atom stereocenters. The van der Waals surface area contributed by atoms with Gasteiger partial charge in [-0.15, -0.1) is 0 Å². The van der Waals surface area contributed by atoms with Gasteiger partial charge in [0.05, 0.1) is 11.7 Å². The Morgan fingerprint density at radius 3 is 2.96 bits per heavy atom. The zero-order valence-corrected chi connectivity index (χ0v) is 16.9. The maximum absolute atomic E-state index is 4.85. The minimum absolute atomic E-state index is 0.499. The SMILES string of the molecule is CC1CC=NC2=C1CCC[C@@H]2N(C)C[C@@H]1CN(Cc2ccccc2)CCN1. The van der Waals surface area contributed by atoms with E-state index in [2.05, 4.69) is 65.6 Å². The molecule has 2 aliphatic heterocycles. The zero-order valence-electron chi connectivity index (χ0n) is 16.9. The molecule has 0 radical (unpaired) electrons. The molecule has 0 bridgehead atoms. The molecule has 0 amide bonds. The van der Waals surface area contributed by atoms with Crippen LogP contribution >= 0.6 is 0 Å². The van der Waals surface area contributed by atoms with Crippen LogP contribution in [0.1, 0.15) is 38.2 Å². The van der Waals surface area contributed by atoms with E-state index in [-0.39, 0.29) is 0 Å². The molecule has 0 saturated carbocycles. The van der Waals surface area contributed by atoms with Gasteiger partial charge in [-0.3, -0.25) is 14.8 Å². The molecular weight excluding hydrogens is 332 g/mol. The molecule has 3 aliphatic rings. The highest BCUT2D eigenvalue weighted by Gasteiger charge is 2.31. The fourth-order valence-corrected chi connectivity index (χ4v) is 4.99. The number of likely N-dealkylation sites (N-methyl/N-ethyl adjacent to an activating group) is 1. The first-order valence-electron chi connectivity index (χ1n) is 10.7. The third kappa shape index (κ3) is 4.50. The van der Waals surface area contributed by atoms with Crippen LogP contribution < -0.4 is 5.32 Å². The molecule has 1 fully saturated rings. The number of nitrogens with zero attached hydrogens (tertiary/aromatic N) is 3. The number of hydrogen-bond acceptors (Lipinski definition) is 4. The van der Waals surface area contributed by atoms with Crippen LogP contribution in [0.25, 0.3) is 0 Å². The van der Waals surface area contributed by atoms with Crippen LogP contribution in [0.4, 0.5) is 0 Å². The lowest BCUT2D eigenvalue weighted by Crippen LogP contribution is -2.55. The lowest BCUT2D eigenvalue weighted by Gasteiger charge is -2.40. The van der Waals surface area contributed by atoms with Crippen molar-refractivity contribution in [2.24, 2.45) is 10.9 Å². The highest BCUT2D eigenvalue weighted by Crippen LogP contribution is 2.36. The van der Waals surface area contributed by atoms with Gasteiger partial charge in [-0.25, -0.2) is 0 Å². The molecule has 0 aromatic heterocycles. The monoisotopic (exact) mass is 366 g/mol. The quantitative estimate of drug-likeness (QED) is 0.867. The molecule has 2 heterocycles. The number of piperazine rings is 1. The van der Waals surface area contributed by atoms with E-state index < -0.39 is 0 Å². The van der Waals surface area contributed by atoms with Gasteiger partial charge >= 0.3 is 0 Å². The van der Waals surface area contributed by atoms with Crippen LogP contribution in [0.3, 0.4) is 0 Å². The number of hydrogen-bond donors (Lipinski definition) is 1. The fourth-order valence-electron chi connectivity index (χ4n) is 4.99. The van der Waals surface area contributed by atoms with Gasteiger partial charge in [0.15, 0.2) is 0 Å². The molecule has 1 N–H and O–H groups in total. The van der Waals surface area contributed by atoms with E-state index in [1.165, 1.54) is 30.5 Å². The smallest absolute Gasteiger partial charge is 0.0566 e. The summed E-state index contributed by atoms with van der Waals surface area (Å²) in [5.41, 5.74) is 4.43. The number of rotatable bonds is 5. The van der Waals surface area contributed by atoms with E-state index in [4.69, 9.17) is 4.99 Å². The van der Waals surface area contributed by atoms with Crippen molar-refractivity contribution in [1.82, 2.24) is 15.1 Å². The lowest BCUT2D eigenvalue weighted by atomic mass is 9.82. The first kappa shape index (κ1) is 18.9. The summed E-state index contributed by atoms with van der Waals surface area (Å²) in [6.45, 7) is 7.86. The van der Waals surface area contributed by atoms with Crippen LogP contribution in [0.5, 0.6) is 0 Å². The lowest BCUT2D eigenvalue weighted by molar-refractivity contribution is 0.147. The Labute approximate surface area is 164 Å². The molecule has 1 saturated heterocycles. The van der Waals surface area contributed by atoms with Crippen LogP contribution in [-0.4, -0.2) is 61.3 Å². The van der Waals surface area contributed by atoms with Crippen molar-refractivity contribution in [3.63, 3.8) is 0 Å². The number of aliphatic imine (C=N–C) groups is 1. The van der Waals surface area contributed by atoms with Gasteiger partial charge in [-0.2, -0.15) is 0 Å². The molecule has 1 aliphatic carbocycles. The van der Waals surface area contributed by atoms with E-state index >= 15 is 0 Å². The Balaban J connectivity index is 1.37. The van der Waals surface area contributed by atoms with Crippen LogP contribution in [-0.2, 0) is 6.54 Å². The Morgan fingerprint density at radius 1 is 1.26 bits per heavy atom. The summed E-state index contributed by atoms with van der Waals surface area (Å²) in [7, 11) is 2.30. The molecular formula is C23H34N4. The second-order valence-electron chi connectivity index (χ2n) is 8.58. The zero-order chi connectivity index (χ0) is 18.6. The maximum atomic E-state index is 4.85. The van der Waals surface area contributed by atoms with Crippen molar-refractivity contribution >= 4 is 6.21 Å². The van der Waals surface area contributed by atoms with Gasteiger partial charge in [-0.1, -0.05) is 37.3 Å². The average Bonchev–Trinajstić information content (AvgIpc) is 2.69. The second kappa shape index (κ2) is 8.68. The third-order valence-electron chi connectivity index (χ3n) is 6.48. The molecule has 146 valence electrons. The maximum Gasteiger partial charge on any atom is 0.0566 e. The Morgan fingerprint density at radius 2 is 2.11 bits per heavy atom. The molecule has 0 spiro atoms. The Bertz CT molecular complexity index is 681. The summed E-state index contributed by atoms with van der Waals surface area (Å²) in [5, 5.41) is 3.75. The van der Waals surface area contributed by atoms with Gasteiger partial charge in [0.2, 0.25) is 0 Å². The van der Waals surface area contributed by atoms with Crippen LogP contribution in [0, 0.1) is 5.92 Å². The Kier molecular flexibility index (Phi) is 6.06. The summed E-state index contributed by atoms with van der Waals surface area (Å²) in [5.74, 6) is 0.683. The number of nitrogens with one attached hydrogen (secondary N) is 1. The summed E-state index contributed by atoms with van der Waals surface area (Å²) >= 11 is 0. The largest absolute Gasteiger partial charge is 0.310 e. The third-order valence-corrected chi connectivity index (χ3v) is 6.48. The van der Waals surface area contributed by atoms with Crippen molar-refractivity contribution in [1.29, 1.82) is 0 Å². The van der Waals surface area contributed by atoms with Crippen molar-refractivity contribution in [2.75, 3.05) is 33.2 Å². The van der Waals surface area contributed by atoms with Crippen LogP contribution in [0.15, 0.2) is 46.6 Å². The Hall–Kier alpha value is -1.49. The molecule has 4 heteroatoms. The van der Waals surface area contributed by atoms with Crippen LogP contribution in [0.2, 0.25) is 0 Å². The average molecular weight is 367 g/mol. The molecule has 1 aromatic carbocycles. The molecule has 4 rings (SSSR count). The van der Waals surface area contributed by atoms with Crippen molar-refractivity contribution < 1.29 is 0 Å². The molecule has 4 nitrogen and oxygen atoms in total. The number of allylic oxidation sites excluding steroid dienone is 1. The van der Waals surface area contributed by atoms with Gasteiger partial charge in [-0.05, 0) is 49.8 Å². The minimum atomic E-state index is 0.499. The molecule has 1 aromatic rings. The topological polar surface area (TPSA) is 30.9 Å². The van der Waals surface area contributed by atoms with Gasteiger partial charge in [0, 0.05) is 45.0 Å². The summed E-state index contributed by atoms with van der Waals surface area (Å²) in [6, 6.07) is 11.9. The van der Waals surface area contributed by atoms with E-state index in [0.29, 0.717) is 18.0 Å². The van der Waals surface area contributed by atoms with E-state index in [1.54, 1.807) is 5.57 Å². The summed E-state index contributed by atoms with van der Waals surface area (Å²) < 4.78 is 0. The molecule has 27 heavy (non-hydrogen) atoms. The van der Waals surface area contributed by atoms with E-state index in [9.17, 15) is 0 Å². The highest BCUT2D eigenvalue weighted by molar-refractivity contribution is 5.63. The number of benzene rings is 1.